The van der Waals surface area contributed by atoms with Gasteiger partial charge in [-0.25, -0.2) is 15.0 Å². The van der Waals surface area contributed by atoms with E-state index in [1.165, 1.54) is 54.2 Å². The molecule has 2 heterocycles. The minimum Gasteiger partial charge on any atom is -0.264 e. The van der Waals surface area contributed by atoms with Crippen molar-refractivity contribution in [1.82, 2.24) is 19.9 Å². The lowest BCUT2D eigenvalue weighted by molar-refractivity contribution is 1.07. The van der Waals surface area contributed by atoms with Gasteiger partial charge in [0.1, 0.15) is 0 Å². The van der Waals surface area contributed by atoms with E-state index in [0.29, 0.717) is 17.5 Å². The standard InChI is InChI=1S/C52H32N4/c1-2-11-44-34(6-1)7-4-12-45(44)35-15-23-41(24-16-35)51-54-50(40-21-13-33(14-22-40)43-10-5-31-53-32-43)55-52(56-51)42-25-17-36(18-26-42)46-29-27-39-20-19-37-8-3-9-38-28-30-47(46)49(39)48(37)38/h1-32H. The average molecular weight is 713 g/mol. The summed E-state index contributed by atoms with van der Waals surface area (Å²) in [6.07, 6.45) is 3.67. The van der Waals surface area contributed by atoms with Crippen LogP contribution in [0.3, 0.4) is 0 Å². The Labute approximate surface area is 323 Å². The lowest BCUT2D eigenvalue weighted by Crippen LogP contribution is -2.00. The minimum atomic E-state index is 0.622. The molecule has 0 aliphatic carbocycles. The maximum Gasteiger partial charge on any atom is 0.164 e. The fourth-order valence-corrected chi connectivity index (χ4v) is 8.17. The zero-order chi connectivity index (χ0) is 37.0. The van der Waals surface area contributed by atoms with Crippen LogP contribution in [-0.4, -0.2) is 19.9 Å². The number of rotatable bonds is 6. The minimum absolute atomic E-state index is 0.622. The van der Waals surface area contributed by atoms with Gasteiger partial charge >= 0.3 is 0 Å². The Bertz CT molecular complexity index is 3190. The quantitative estimate of drug-likeness (QED) is 0.161. The Morgan fingerprint density at radius 3 is 1.38 bits per heavy atom. The zero-order valence-corrected chi connectivity index (χ0v) is 30.3. The highest BCUT2D eigenvalue weighted by Crippen LogP contribution is 2.40. The zero-order valence-electron chi connectivity index (χ0n) is 30.3. The Balaban J connectivity index is 1.000. The van der Waals surface area contributed by atoms with Crippen molar-refractivity contribution in [2.24, 2.45) is 0 Å². The molecule has 11 rings (SSSR count). The predicted octanol–water partition coefficient (Wildman–Crippen LogP) is 13.3. The summed E-state index contributed by atoms with van der Waals surface area (Å²) >= 11 is 0. The highest BCUT2D eigenvalue weighted by molar-refractivity contribution is 6.25. The van der Waals surface area contributed by atoms with E-state index in [0.717, 1.165) is 38.9 Å². The second kappa shape index (κ2) is 13.1. The molecule has 4 nitrogen and oxygen atoms in total. The number of fused-ring (bicyclic) bond motifs is 1. The molecule has 0 bridgehead atoms. The van der Waals surface area contributed by atoms with Crippen LogP contribution in [0.1, 0.15) is 0 Å². The molecule has 0 fully saturated rings. The largest absolute Gasteiger partial charge is 0.264 e. The summed E-state index contributed by atoms with van der Waals surface area (Å²) in [5, 5.41) is 10.1. The Hall–Kier alpha value is -7.56. The van der Waals surface area contributed by atoms with Gasteiger partial charge in [-0.2, -0.15) is 0 Å². The van der Waals surface area contributed by atoms with Crippen LogP contribution >= 0.6 is 0 Å². The highest BCUT2D eigenvalue weighted by Gasteiger charge is 2.16. The van der Waals surface area contributed by atoms with Crippen molar-refractivity contribution in [2.45, 2.75) is 0 Å². The molecular formula is C52H32N4. The topological polar surface area (TPSA) is 51.6 Å². The van der Waals surface area contributed by atoms with Gasteiger partial charge in [0, 0.05) is 29.1 Å². The number of pyridine rings is 1. The monoisotopic (exact) mass is 712 g/mol. The molecule has 0 saturated carbocycles. The first-order chi connectivity index (χ1) is 27.7. The molecule has 0 radical (unpaired) electrons. The molecule has 56 heavy (non-hydrogen) atoms. The fourth-order valence-electron chi connectivity index (χ4n) is 8.17. The van der Waals surface area contributed by atoms with Crippen LogP contribution in [0.2, 0.25) is 0 Å². The van der Waals surface area contributed by atoms with Gasteiger partial charge in [0.05, 0.1) is 0 Å². The third-order valence-electron chi connectivity index (χ3n) is 11.0. The van der Waals surface area contributed by atoms with Crippen LogP contribution in [0.15, 0.2) is 194 Å². The van der Waals surface area contributed by atoms with Gasteiger partial charge in [0.2, 0.25) is 0 Å². The smallest absolute Gasteiger partial charge is 0.164 e. The summed E-state index contributed by atoms with van der Waals surface area (Å²) in [7, 11) is 0. The van der Waals surface area contributed by atoms with Gasteiger partial charge in [0.15, 0.2) is 17.5 Å². The number of benzene rings is 9. The van der Waals surface area contributed by atoms with Crippen molar-refractivity contribution in [1.29, 1.82) is 0 Å². The summed E-state index contributed by atoms with van der Waals surface area (Å²) in [6.45, 7) is 0. The van der Waals surface area contributed by atoms with Gasteiger partial charge in [-0.15, -0.1) is 0 Å². The molecule has 0 atom stereocenters. The third-order valence-corrected chi connectivity index (χ3v) is 11.0. The molecule has 0 unspecified atom stereocenters. The molecule has 2 aromatic heterocycles. The van der Waals surface area contributed by atoms with E-state index in [2.05, 4.69) is 181 Å². The predicted molar refractivity (Wildman–Crippen MR) is 231 cm³/mol. The number of nitrogens with zero attached hydrogens (tertiary/aromatic N) is 4. The van der Waals surface area contributed by atoms with Gasteiger partial charge in [-0.3, -0.25) is 4.98 Å². The van der Waals surface area contributed by atoms with E-state index in [1.54, 1.807) is 6.20 Å². The SMILES string of the molecule is c1cncc(-c2ccc(-c3nc(-c4ccc(-c5cccc6ccccc56)cc4)nc(-c4ccc(-c5ccc6ccc7cccc8ccc5c6c78)cc4)n3)cc2)c1. The van der Waals surface area contributed by atoms with E-state index in [1.807, 2.05) is 12.3 Å². The van der Waals surface area contributed by atoms with Crippen LogP contribution in [0.4, 0.5) is 0 Å². The van der Waals surface area contributed by atoms with E-state index in [4.69, 9.17) is 15.0 Å². The average Bonchev–Trinajstić information content (AvgIpc) is 3.28. The molecule has 9 aromatic carbocycles. The molecule has 0 N–H and O–H groups in total. The Morgan fingerprint density at radius 2 is 0.750 bits per heavy atom. The van der Waals surface area contributed by atoms with Gasteiger partial charge in [-0.1, -0.05) is 176 Å². The molecule has 11 aromatic rings. The molecule has 0 amide bonds. The molecule has 4 heteroatoms. The first kappa shape index (κ1) is 31.9. The molecular weight excluding hydrogens is 681 g/mol. The molecule has 0 aliphatic heterocycles. The molecule has 260 valence electrons. The molecule has 0 spiro atoms. The van der Waals surface area contributed by atoms with Crippen LogP contribution in [0.25, 0.3) is 111 Å². The van der Waals surface area contributed by atoms with Crippen LogP contribution < -0.4 is 0 Å². The van der Waals surface area contributed by atoms with Crippen molar-refractivity contribution in [3.8, 4) is 67.5 Å². The van der Waals surface area contributed by atoms with Crippen molar-refractivity contribution < 1.29 is 0 Å². The van der Waals surface area contributed by atoms with Gasteiger partial charge in [-0.05, 0) is 82.5 Å². The highest BCUT2D eigenvalue weighted by atomic mass is 15.0. The summed E-state index contributed by atoms with van der Waals surface area (Å²) in [5.41, 5.74) is 9.62. The van der Waals surface area contributed by atoms with Crippen LogP contribution in [0, 0.1) is 0 Å². The number of hydrogen-bond acceptors (Lipinski definition) is 4. The number of aromatic nitrogens is 4. The normalized spacial score (nSPS) is 11.6. The first-order valence-corrected chi connectivity index (χ1v) is 18.9. The van der Waals surface area contributed by atoms with Gasteiger partial charge in [0.25, 0.3) is 0 Å². The second-order valence-electron chi connectivity index (χ2n) is 14.3. The number of hydrogen-bond donors (Lipinski definition) is 0. The van der Waals surface area contributed by atoms with Crippen molar-refractivity contribution in [2.75, 3.05) is 0 Å². The van der Waals surface area contributed by atoms with E-state index < -0.39 is 0 Å². The van der Waals surface area contributed by atoms with Crippen molar-refractivity contribution >= 4 is 43.1 Å². The first-order valence-electron chi connectivity index (χ1n) is 18.9. The van der Waals surface area contributed by atoms with Crippen LogP contribution in [-0.2, 0) is 0 Å². The molecule has 0 aliphatic rings. The van der Waals surface area contributed by atoms with Crippen LogP contribution in [0.5, 0.6) is 0 Å². The summed E-state index contributed by atoms with van der Waals surface area (Å²) < 4.78 is 0. The van der Waals surface area contributed by atoms with Crippen molar-refractivity contribution in [3.63, 3.8) is 0 Å². The van der Waals surface area contributed by atoms with E-state index >= 15 is 0 Å². The summed E-state index contributed by atoms with van der Waals surface area (Å²) in [5.74, 6) is 1.87. The van der Waals surface area contributed by atoms with Crippen molar-refractivity contribution in [3.05, 3.63) is 194 Å². The summed E-state index contributed by atoms with van der Waals surface area (Å²) in [4.78, 5) is 19.5. The second-order valence-corrected chi connectivity index (χ2v) is 14.3. The lowest BCUT2D eigenvalue weighted by atomic mass is 9.90. The Morgan fingerprint density at radius 1 is 0.268 bits per heavy atom. The maximum atomic E-state index is 5.09. The third kappa shape index (κ3) is 5.47. The fraction of sp³-hybridized carbons (Fsp3) is 0. The Kier molecular flexibility index (Phi) is 7.46. The van der Waals surface area contributed by atoms with E-state index in [9.17, 15) is 0 Å². The maximum absolute atomic E-state index is 5.09. The molecule has 0 saturated heterocycles. The van der Waals surface area contributed by atoms with E-state index in [-0.39, 0.29) is 0 Å². The lowest BCUT2D eigenvalue weighted by Gasteiger charge is -2.14. The van der Waals surface area contributed by atoms with Gasteiger partial charge < -0.3 is 0 Å². The summed E-state index contributed by atoms with van der Waals surface area (Å²) in [6, 6.07) is 64.5.